The van der Waals surface area contributed by atoms with Gasteiger partial charge in [0, 0.05) is 36.6 Å². The molecule has 11 heteroatoms. The van der Waals surface area contributed by atoms with Crippen LogP contribution in [0, 0.1) is 0 Å². The molecule has 1 atom stereocenters. The Labute approximate surface area is 205 Å². The second kappa shape index (κ2) is 10.4. The number of benzene rings is 2. The van der Waals surface area contributed by atoms with Gasteiger partial charge < -0.3 is 15.2 Å². The zero-order valence-electron chi connectivity index (χ0n) is 19.5. The highest BCUT2D eigenvalue weighted by Gasteiger charge is 2.31. The quantitative estimate of drug-likeness (QED) is 0.477. The fourth-order valence-corrected chi connectivity index (χ4v) is 4.26. The van der Waals surface area contributed by atoms with Gasteiger partial charge in [0.1, 0.15) is 18.4 Å². The number of anilines is 1. The summed E-state index contributed by atoms with van der Waals surface area (Å²) in [6.45, 7) is 1.38. The first kappa shape index (κ1) is 25.2. The van der Waals surface area contributed by atoms with Gasteiger partial charge in [-0.05, 0) is 61.9 Å². The number of aryl methyl sites for hydroxylation is 1. The number of likely N-dealkylation sites (tertiary alicyclic amines) is 1. The number of halogens is 3. The van der Waals surface area contributed by atoms with Crippen molar-refractivity contribution in [2.45, 2.75) is 25.1 Å². The predicted molar refractivity (Wildman–Crippen MR) is 126 cm³/mol. The van der Waals surface area contributed by atoms with Crippen molar-refractivity contribution in [3.63, 3.8) is 0 Å². The van der Waals surface area contributed by atoms with Crippen molar-refractivity contribution >= 4 is 17.6 Å². The first-order valence-corrected chi connectivity index (χ1v) is 11.3. The number of hydrogen-bond donors (Lipinski definition) is 2. The van der Waals surface area contributed by atoms with E-state index in [1.807, 2.05) is 4.90 Å². The van der Waals surface area contributed by atoms with Gasteiger partial charge in [-0.3, -0.25) is 19.2 Å². The molecule has 1 fully saturated rings. The molecule has 2 N–H and O–H groups in total. The van der Waals surface area contributed by atoms with Crippen LogP contribution in [0.15, 0.2) is 54.7 Å². The van der Waals surface area contributed by atoms with E-state index >= 15 is 0 Å². The van der Waals surface area contributed by atoms with Gasteiger partial charge in [0.15, 0.2) is 0 Å². The van der Waals surface area contributed by atoms with Crippen molar-refractivity contribution in [2.24, 2.45) is 7.05 Å². The zero-order chi connectivity index (χ0) is 25.9. The lowest BCUT2D eigenvalue weighted by atomic mass is 10.1. The Morgan fingerprint density at radius 1 is 1.19 bits per heavy atom. The Morgan fingerprint density at radius 3 is 2.69 bits per heavy atom. The minimum Gasteiger partial charge on any atom is -0.492 e. The first-order chi connectivity index (χ1) is 17.1. The van der Waals surface area contributed by atoms with E-state index in [1.165, 1.54) is 12.1 Å². The SMILES string of the molecule is Cn1nccc1-c1cc(NC(=O)c2cccc(C(F)(F)F)c2)ccc1OCCN1CCC[C@H]1C(=O)O. The molecule has 0 bridgehead atoms. The number of nitrogens with one attached hydrogen (secondary N) is 1. The summed E-state index contributed by atoms with van der Waals surface area (Å²) in [5.74, 6) is -1.02. The standard InChI is InChI=1S/C25H25F3N4O4/c1-31-20(9-10-29-31)19-15-18(30-23(33)16-4-2-5-17(14-16)25(26,27)28)7-8-22(19)36-13-12-32-11-3-6-21(32)24(34)35/h2,4-5,7-10,14-15,21H,3,6,11-13H2,1H3,(H,30,33)(H,34,35)/t21-/m0/s1. The van der Waals surface area contributed by atoms with Crippen molar-refractivity contribution in [2.75, 3.05) is 25.0 Å². The summed E-state index contributed by atoms with van der Waals surface area (Å²) in [5, 5.41) is 16.2. The molecule has 190 valence electrons. The summed E-state index contributed by atoms with van der Waals surface area (Å²) in [7, 11) is 1.74. The minimum atomic E-state index is -4.55. The third kappa shape index (κ3) is 5.68. The van der Waals surface area contributed by atoms with Crippen LogP contribution >= 0.6 is 0 Å². The van der Waals surface area contributed by atoms with E-state index in [2.05, 4.69) is 10.4 Å². The Bertz CT molecular complexity index is 1260. The van der Waals surface area contributed by atoms with Gasteiger partial charge in [0.25, 0.3) is 5.91 Å². The molecule has 1 aliphatic rings. The number of ether oxygens (including phenoxy) is 1. The summed E-state index contributed by atoms with van der Waals surface area (Å²) in [4.78, 5) is 25.9. The number of carboxylic acid groups (broad SMARTS) is 1. The number of aromatic nitrogens is 2. The van der Waals surface area contributed by atoms with Crippen LogP contribution in [-0.4, -0.2) is 57.4 Å². The van der Waals surface area contributed by atoms with Gasteiger partial charge in [-0.1, -0.05) is 6.07 Å². The molecule has 2 aromatic carbocycles. The highest BCUT2D eigenvalue weighted by molar-refractivity contribution is 6.04. The number of carboxylic acids is 1. The van der Waals surface area contributed by atoms with Crippen LogP contribution in [0.25, 0.3) is 11.3 Å². The van der Waals surface area contributed by atoms with E-state index < -0.39 is 29.7 Å². The number of aliphatic carboxylic acids is 1. The number of rotatable bonds is 8. The maximum Gasteiger partial charge on any atom is 0.416 e. The molecule has 36 heavy (non-hydrogen) atoms. The average Bonchev–Trinajstić information content (AvgIpc) is 3.48. The van der Waals surface area contributed by atoms with Crippen LogP contribution in [0.4, 0.5) is 18.9 Å². The van der Waals surface area contributed by atoms with Crippen LogP contribution < -0.4 is 10.1 Å². The van der Waals surface area contributed by atoms with Crippen molar-refractivity contribution < 1.29 is 32.6 Å². The highest BCUT2D eigenvalue weighted by atomic mass is 19.4. The van der Waals surface area contributed by atoms with Gasteiger partial charge in [-0.2, -0.15) is 18.3 Å². The average molecular weight is 502 g/mol. The summed E-state index contributed by atoms with van der Waals surface area (Å²) >= 11 is 0. The molecule has 0 unspecified atom stereocenters. The van der Waals surface area contributed by atoms with Crippen molar-refractivity contribution in [1.29, 1.82) is 0 Å². The maximum atomic E-state index is 13.0. The number of hydrogen-bond acceptors (Lipinski definition) is 5. The topological polar surface area (TPSA) is 96.7 Å². The monoisotopic (exact) mass is 502 g/mol. The Hall–Kier alpha value is -3.86. The molecule has 4 rings (SSSR count). The zero-order valence-corrected chi connectivity index (χ0v) is 19.5. The van der Waals surface area contributed by atoms with Crippen LogP contribution in [0.2, 0.25) is 0 Å². The van der Waals surface area contributed by atoms with Gasteiger partial charge >= 0.3 is 12.1 Å². The molecular formula is C25H25F3N4O4. The lowest BCUT2D eigenvalue weighted by Gasteiger charge is -2.21. The van der Waals surface area contributed by atoms with E-state index in [0.717, 1.165) is 18.6 Å². The van der Waals surface area contributed by atoms with Crippen LogP contribution in [0.5, 0.6) is 5.75 Å². The van der Waals surface area contributed by atoms with Gasteiger partial charge in [-0.25, -0.2) is 0 Å². The molecule has 0 saturated carbocycles. The molecular weight excluding hydrogens is 477 g/mol. The maximum absolute atomic E-state index is 13.0. The Balaban J connectivity index is 1.52. The normalized spacial score (nSPS) is 16.2. The third-order valence-corrected chi connectivity index (χ3v) is 6.07. The van der Waals surface area contributed by atoms with E-state index in [9.17, 15) is 27.9 Å². The van der Waals surface area contributed by atoms with Gasteiger partial charge in [0.2, 0.25) is 0 Å². The number of alkyl halides is 3. The van der Waals surface area contributed by atoms with Gasteiger partial charge in [-0.15, -0.1) is 0 Å². The van der Waals surface area contributed by atoms with Crippen molar-refractivity contribution in [3.8, 4) is 17.0 Å². The first-order valence-electron chi connectivity index (χ1n) is 11.3. The Kier molecular flexibility index (Phi) is 7.30. The molecule has 1 aromatic heterocycles. The van der Waals surface area contributed by atoms with Crippen LogP contribution in [-0.2, 0) is 18.0 Å². The molecule has 2 heterocycles. The number of amides is 1. The third-order valence-electron chi connectivity index (χ3n) is 6.07. The van der Waals surface area contributed by atoms with Crippen LogP contribution in [0.3, 0.4) is 0 Å². The summed E-state index contributed by atoms with van der Waals surface area (Å²) in [5.41, 5.74) is 0.660. The molecule has 1 amide bonds. The smallest absolute Gasteiger partial charge is 0.416 e. The number of carbonyl (C=O) groups is 2. The molecule has 1 aliphatic heterocycles. The minimum absolute atomic E-state index is 0.120. The lowest BCUT2D eigenvalue weighted by Crippen LogP contribution is -2.38. The number of nitrogens with zero attached hydrogens (tertiary/aromatic N) is 3. The van der Waals surface area contributed by atoms with Crippen molar-refractivity contribution in [3.05, 3.63) is 65.9 Å². The van der Waals surface area contributed by atoms with Crippen LogP contribution in [0.1, 0.15) is 28.8 Å². The van der Waals surface area contributed by atoms with E-state index in [-0.39, 0.29) is 12.2 Å². The second-order valence-electron chi connectivity index (χ2n) is 8.46. The fraction of sp³-hybridized carbons (Fsp3) is 0.320. The molecule has 8 nitrogen and oxygen atoms in total. The molecule has 0 spiro atoms. The molecule has 1 saturated heterocycles. The fourth-order valence-electron chi connectivity index (χ4n) is 4.26. The predicted octanol–water partition coefficient (Wildman–Crippen LogP) is 4.29. The molecule has 0 radical (unpaired) electrons. The van der Waals surface area contributed by atoms with E-state index in [0.29, 0.717) is 42.2 Å². The lowest BCUT2D eigenvalue weighted by molar-refractivity contribution is -0.142. The molecule has 3 aromatic rings. The van der Waals surface area contributed by atoms with Crippen molar-refractivity contribution in [1.82, 2.24) is 14.7 Å². The second-order valence-corrected chi connectivity index (χ2v) is 8.46. The Morgan fingerprint density at radius 2 is 2.00 bits per heavy atom. The number of carbonyl (C=O) groups excluding carboxylic acids is 1. The highest BCUT2D eigenvalue weighted by Crippen LogP contribution is 2.33. The summed E-state index contributed by atoms with van der Waals surface area (Å²) in [6.07, 6.45) is -1.52. The molecule has 0 aliphatic carbocycles. The van der Waals surface area contributed by atoms with E-state index in [1.54, 1.807) is 42.2 Å². The summed E-state index contributed by atoms with van der Waals surface area (Å²) < 4.78 is 46.7. The van der Waals surface area contributed by atoms with E-state index in [4.69, 9.17) is 4.74 Å². The largest absolute Gasteiger partial charge is 0.492 e. The summed E-state index contributed by atoms with van der Waals surface area (Å²) in [6, 6.07) is 10.4. The van der Waals surface area contributed by atoms with Gasteiger partial charge in [0.05, 0.1) is 11.3 Å².